The van der Waals surface area contributed by atoms with E-state index in [1.807, 2.05) is 30.3 Å². The minimum Gasteiger partial charge on any atom is -0.393 e. The molecule has 0 radical (unpaired) electrons. The van der Waals surface area contributed by atoms with Gasteiger partial charge in [-0.25, -0.2) is 9.97 Å². The second kappa shape index (κ2) is 7.41. The predicted octanol–water partition coefficient (Wildman–Crippen LogP) is 3.24. The molecule has 2 heterocycles. The molecule has 3 rings (SSSR count). The van der Waals surface area contributed by atoms with E-state index in [9.17, 15) is 0 Å². The van der Waals surface area contributed by atoms with Gasteiger partial charge in [0.05, 0.1) is 6.04 Å². The monoisotopic (exact) mass is 320 g/mol. The van der Waals surface area contributed by atoms with Crippen LogP contribution < -0.4 is 16.4 Å². The lowest BCUT2D eigenvalue weighted by atomic mass is 10.1. The highest BCUT2D eigenvalue weighted by Gasteiger charge is 2.11. The Morgan fingerprint density at radius 3 is 2.58 bits per heavy atom. The molecule has 2 aromatic heterocycles. The lowest BCUT2D eigenvalue weighted by molar-refractivity contribution is 0.873. The number of hydrogen-bond donors (Lipinski definition) is 3. The Hall–Kier alpha value is -3.15. The van der Waals surface area contributed by atoms with Crippen LogP contribution in [-0.4, -0.2) is 15.0 Å². The van der Waals surface area contributed by atoms with Gasteiger partial charge in [-0.05, 0) is 24.1 Å². The van der Waals surface area contributed by atoms with Crippen molar-refractivity contribution in [2.24, 2.45) is 0 Å². The molecule has 0 aliphatic heterocycles. The molecule has 0 bridgehead atoms. The number of anilines is 3. The van der Waals surface area contributed by atoms with Crippen molar-refractivity contribution in [3.8, 4) is 0 Å². The molecule has 3 aromatic rings. The van der Waals surface area contributed by atoms with Crippen molar-refractivity contribution in [1.29, 1.82) is 0 Å². The van der Waals surface area contributed by atoms with Crippen LogP contribution in [0.5, 0.6) is 0 Å². The topological polar surface area (TPSA) is 88.8 Å². The van der Waals surface area contributed by atoms with Gasteiger partial charge in [0.2, 0.25) is 0 Å². The fraction of sp³-hybridized carbons (Fsp3) is 0.167. The number of aromatic nitrogens is 3. The molecule has 0 spiro atoms. The van der Waals surface area contributed by atoms with E-state index in [2.05, 4.69) is 44.6 Å². The van der Waals surface area contributed by atoms with Crippen molar-refractivity contribution in [2.75, 3.05) is 16.4 Å². The normalized spacial score (nSPS) is 11.7. The summed E-state index contributed by atoms with van der Waals surface area (Å²) in [6, 6.07) is 14.1. The van der Waals surface area contributed by atoms with E-state index in [1.165, 1.54) is 11.9 Å². The summed E-state index contributed by atoms with van der Waals surface area (Å²) < 4.78 is 0. The van der Waals surface area contributed by atoms with Crippen LogP contribution in [-0.2, 0) is 6.54 Å². The smallest absolute Gasteiger partial charge is 0.155 e. The van der Waals surface area contributed by atoms with Crippen molar-refractivity contribution in [3.63, 3.8) is 0 Å². The summed E-state index contributed by atoms with van der Waals surface area (Å²) in [5, 5.41) is 6.56. The van der Waals surface area contributed by atoms with Crippen molar-refractivity contribution in [3.05, 3.63) is 72.3 Å². The summed E-state index contributed by atoms with van der Waals surface area (Å²) in [7, 11) is 0. The van der Waals surface area contributed by atoms with Crippen LogP contribution in [0.4, 0.5) is 17.3 Å². The summed E-state index contributed by atoms with van der Waals surface area (Å²) >= 11 is 0. The third kappa shape index (κ3) is 3.78. The highest BCUT2D eigenvalue weighted by atomic mass is 15.1. The number of hydrogen-bond acceptors (Lipinski definition) is 6. The number of nitrogens with zero attached hydrogens (tertiary/aromatic N) is 3. The Kier molecular flexibility index (Phi) is 4.86. The molecule has 1 unspecified atom stereocenters. The van der Waals surface area contributed by atoms with Gasteiger partial charge < -0.3 is 16.4 Å². The third-order valence-electron chi connectivity index (χ3n) is 3.72. The Bertz CT molecular complexity index is 776. The van der Waals surface area contributed by atoms with E-state index >= 15 is 0 Å². The highest BCUT2D eigenvalue weighted by Crippen LogP contribution is 2.26. The van der Waals surface area contributed by atoms with Crippen molar-refractivity contribution < 1.29 is 0 Å². The molecule has 0 saturated carbocycles. The van der Waals surface area contributed by atoms with Gasteiger partial charge in [0.25, 0.3) is 0 Å². The second-order valence-electron chi connectivity index (χ2n) is 5.48. The Labute approximate surface area is 141 Å². The van der Waals surface area contributed by atoms with E-state index < -0.39 is 0 Å². The molecule has 6 nitrogen and oxygen atoms in total. The zero-order chi connectivity index (χ0) is 16.8. The van der Waals surface area contributed by atoms with Crippen LogP contribution >= 0.6 is 0 Å². The zero-order valence-corrected chi connectivity index (χ0v) is 13.5. The summed E-state index contributed by atoms with van der Waals surface area (Å²) in [6.45, 7) is 2.67. The minimum atomic E-state index is 0.0922. The lowest BCUT2D eigenvalue weighted by Gasteiger charge is -2.17. The number of nitrogens with two attached hydrogens (primary N) is 1. The standard InChI is InChI=1S/C18H20N6/c1-13(15-7-3-2-4-8-15)24-18-16(19)17(22-12-23-18)21-11-14-6-5-9-20-10-14/h2-10,12-13H,11,19H2,1H3,(H2,21,22,23,24). The van der Waals surface area contributed by atoms with Crippen molar-refractivity contribution in [2.45, 2.75) is 19.5 Å². The molecular formula is C18H20N6. The van der Waals surface area contributed by atoms with Gasteiger partial charge in [-0.1, -0.05) is 36.4 Å². The molecule has 0 fully saturated rings. The predicted molar refractivity (Wildman–Crippen MR) is 96.5 cm³/mol. The first-order valence-corrected chi connectivity index (χ1v) is 7.79. The molecule has 0 aliphatic rings. The number of rotatable bonds is 6. The van der Waals surface area contributed by atoms with Gasteiger partial charge >= 0.3 is 0 Å². The number of nitrogens with one attached hydrogen (secondary N) is 2. The fourth-order valence-electron chi connectivity index (χ4n) is 2.37. The van der Waals surface area contributed by atoms with E-state index in [0.29, 0.717) is 23.9 Å². The molecule has 1 aromatic carbocycles. The Morgan fingerprint density at radius 1 is 1.04 bits per heavy atom. The van der Waals surface area contributed by atoms with Crippen LogP contribution in [0.1, 0.15) is 24.1 Å². The molecular weight excluding hydrogens is 300 g/mol. The van der Waals surface area contributed by atoms with Gasteiger partial charge in [0.1, 0.15) is 12.0 Å². The average Bonchev–Trinajstić information content (AvgIpc) is 2.64. The van der Waals surface area contributed by atoms with Crippen LogP contribution in [0.2, 0.25) is 0 Å². The van der Waals surface area contributed by atoms with E-state index in [0.717, 1.165) is 5.56 Å². The molecule has 122 valence electrons. The minimum absolute atomic E-state index is 0.0922. The molecule has 24 heavy (non-hydrogen) atoms. The molecule has 4 N–H and O–H groups in total. The Balaban J connectivity index is 1.71. The van der Waals surface area contributed by atoms with E-state index in [4.69, 9.17) is 5.73 Å². The van der Waals surface area contributed by atoms with Gasteiger partial charge in [-0.3, -0.25) is 4.98 Å². The van der Waals surface area contributed by atoms with Crippen molar-refractivity contribution in [1.82, 2.24) is 15.0 Å². The van der Waals surface area contributed by atoms with Gasteiger partial charge in [0.15, 0.2) is 11.6 Å². The SMILES string of the molecule is CC(Nc1ncnc(NCc2cccnc2)c1N)c1ccccc1. The molecule has 0 amide bonds. The van der Waals surface area contributed by atoms with Crippen LogP contribution in [0.25, 0.3) is 0 Å². The summed E-state index contributed by atoms with van der Waals surface area (Å²) in [5.41, 5.74) is 8.94. The maximum Gasteiger partial charge on any atom is 0.155 e. The highest BCUT2D eigenvalue weighted by molar-refractivity contribution is 5.74. The summed E-state index contributed by atoms with van der Waals surface area (Å²) in [5.74, 6) is 1.23. The van der Waals surface area contributed by atoms with Gasteiger partial charge in [0, 0.05) is 18.9 Å². The first-order chi connectivity index (χ1) is 11.7. The second-order valence-corrected chi connectivity index (χ2v) is 5.48. The molecule has 6 heteroatoms. The van der Waals surface area contributed by atoms with Gasteiger partial charge in [-0.15, -0.1) is 0 Å². The third-order valence-corrected chi connectivity index (χ3v) is 3.72. The largest absolute Gasteiger partial charge is 0.393 e. The van der Waals surface area contributed by atoms with Gasteiger partial charge in [-0.2, -0.15) is 0 Å². The maximum atomic E-state index is 6.21. The quantitative estimate of drug-likeness (QED) is 0.646. The first kappa shape index (κ1) is 15.7. The summed E-state index contributed by atoms with van der Waals surface area (Å²) in [6.07, 6.45) is 5.05. The molecule has 0 aliphatic carbocycles. The van der Waals surface area contributed by atoms with Crippen molar-refractivity contribution >= 4 is 17.3 Å². The zero-order valence-electron chi connectivity index (χ0n) is 13.5. The van der Waals surface area contributed by atoms with Crippen LogP contribution in [0.3, 0.4) is 0 Å². The first-order valence-electron chi connectivity index (χ1n) is 7.79. The fourth-order valence-corrected chi connectivity index (χ4v) is 2.37. The lowest BCUT2D eigenvalue weighted by Crippen LogP contribution is -2.12. The molecule has 1 atom stereocenters. The molecule has 0 saturated heterocycles. The van der Waals surface area contributed by atoms with Crippen LogP contribution in [0, 0.1) is 0 Å². The number of nitrogen functional groups attached to an aromatic ring is 1. The van der Waals surface area contributed by atoms with E-state index in [-0.39, 0.29) is 6.04 Å². The summed E-state index contributed by atoms with van der Waals surface area (Å²) in [4.78, 5) is 12.6. The Morgan fingerprint density at radius 2 is 1.83 bits per heavy atom. The number of pyridine rings is 1. The van der Waals surface area contributed by atoms with E-state index in [1.54, 1.807) is 12.4 Å². The van der Waals surface area contributed by atoms with Crippen LogP contribution in [0.15, 0.2) is 61.2 Å². The average molecular weight is 320 g/mol. The number of benzene rings is 1. The maximum absolute atomic E-state index is 6.21.